The van der Waals surface area contributed by atoms with E-state index in [1.54, 1.807) is 6.07 Å². The summed E-state index contributed by atoms with van der Waals surface area (Å²) in [4.78, 5) is 24.8. The number of fused-ring (bicyclic) bond motifs is 1. The molecule has 0 saturated heterocycles. The highest BCUT2D eigenvalue weighted by molar-refractivity contribution is 6.33. The highest BCUT2D eigenvalue weighted by Crippen LogP contribution is 2.43. The number of hydrogen-bond donors (Lipinski definition) is 2. The van der Waals surface area contributed by atoms with E-state index >= 15 is 0 Å². The Labute approximate surface area is 152 Å². The molecule has 0 radical (unpaired) electrons. The first-order valence-corrected chi connectivity index (χ1v) is 7.93. The highest BCUT2D eigenvalue weighted by Gasteiger charge is 2.34. The zero-order chi connectivity index (χ0) is 19.0. The summed E-state index contributed by atoms with van der Waals surface area (Å²) >= 11 is 6.17. The molecule has 1 aliphatic rings. The lowest BCUT2D eigenvalue weighted by Gasteiger charge is -2.33. The predicted octanol–water partition coefficient (Wildman–Crippen LogP) is 2.97. The van der Waals surface area contributed by atoms with Crippen LogP contribution in [0.3, 0.4) is 0 Å². The smallest absolute Gasteiger partial charge is 0.312 e. The van der Waals surface area contributed by atoms with Crippen molar-refractivity contribution in [1.29, 1.82) is 0 Å². The summed E-state index contributed by atoms with van der Waals surface area (Å²) in [6.07, 6.45) is 0.153. The normalized spacial score (nSPS) is 16.2. The first-order chi connectivity index (χ1) is 12.3. The Morgan fingerprint density at radius 1 is 1.35 bits per heavy atom. The molecule has 1 aliphatic heterocycles. The van der Waals surface area contributed by atoms with Crippen LogP contribution in [0.25, 0.3) is 0 Å². The number of hydrogen-bond acceptors (Lipinski definition) is 3. The van der Waals surface area contributed by atoms with Gasteiger partial charge in [0, 0.05) is 19.5 Å². The molecule has 0 unspecified atom stereocenters. The molecule has 3 amide bonds. The van der Waals surface area contributed by atoms with Crippen LogP contribution >= 0.6 is 11.6 Å². The number of urea groups is 1. The first kappa shape index (κ1) is 17.9. The van der Waals surface area contributed by atoms with Crippen LogP contribution in [-0.2, 0) is 11.2 Å². The van der Waals surface area contributed by atoms with Gasteiger partial charge in [0.1, 0.15) is 11.9 Å². The predicted molar refractivity (Wildman–Crippen MR) is 91.5 cm³/mol. The third-order valence-corrected chi connectivity index (χ3v) is 4.27. The number of amides is 3. The summed E-state index contributed by atoms with van der Waals surface area (Å²) in [5, 5.41) is 2.49. The van der Waals surface area contributed by atoms with Crippen molar-refractivity contribution in [3.8, 4) is 11.5 Å². The standard InChI is InChI=1S/C17H14ClF2N3O3/c1-23-14-8(6-12(16(23)24)22-17(21)25)2-4-10(18)15(14)26-13-7-9(19)3-5-11(13)20/h2-5,7,12H,6H2,1H3,(H3,21,22,25)/t12-/m1/s1. The minimum absolute atomic E-state index is 0.0158. The highest BCUT2D eigenvalue weighted by atomic mass is 35.5. The SMILES string of the molecule is CN1C(=O)[C@H](NC(N)=O)Cc2ccc(Cl)c(Oc3cc(F)ccc3F)c21. The summed E-state index contributed by atoms with van der Waals surface area (Å²) in [5.41, 5.74) is 6.03. The number of ether oxygens (including phenoxy) is 1. The molecular formula is C17H14ClF2N3O3. The fraction of sp³-hybridized carbons (Fsp3) is 0.176. The van der Waals surface area contributed by atoms with E-state index in [2.05, 4.69) is 5.32 Å². The van der Waals surface area contributed by atoms with Crippen molar-refractivity contribution >= 4 is 29.2 Å². The maximum absolute atomic E-state index is 13.9. The fourth-order valence-corrected chi connectivity index (χ4v) is 3.01. The molecule has 0 saturated carbocycles. The number of benzene rings is 2. The van der Waals surface area contributed by atoms with E-state index in [0.717, 1.165) is 18.2 Å². The number of nitrogens with one attached hydrogen (secondary N) is 1. The second-order valence-electron chi connectivity index (χ2n) is 5.72. The van der Waals surface area contributed by atoms with Crippen LogP contribution < -0.4 is 20.7 Å². The molecule has 0 aliphatic carbocycles. The van der Waals surface area contributed by atoms with Crippen LogP contribution in [0.2, 0.25) is 5.02 Å². The molecule has 2 aromatic carbocycles. The van der Waals surface area contributed by atoms with Gasteiger partial charge in [0.05, 0.1) is 10.7 Å². The van der Waals surface area contributed by atoms with Crippen LogP contribution in [0.4, 0.5) is 19.3 Å². The molecule has 0 spiro atoms. The maximum atomic E-state index is 13.9. The molecule has 3 N–H and O–H groups in total. The molecule has 0 aromatic heterocycles. The Morgan fingerprint density at radius 2 is 2.08 bits per heavy atom. The fourth-order valence-electron chi connectivity index (χ4n) is 2.82. The average Bonchev–Trinajstić information content (AvgIpc) is 2.57. The van der Waals surface area contributed by atoms with Crippen LogP contribution in [-0.4, -0.2) is 25.0 Å². The van der Waals surface area contributed by atoms with Gasteiger partial charge < -0.3 is 20.7 Å². The molecule has 2 aromatic rings. The Hall–Kier alpha value is -2.87. The van der Waals surface area contributed by atoms with Gasteiger partial charge >= 0.3 is 6.03 Å². The lowest BCUT2D eigenvalue weighted by Crippen LogP contribution is -2.53. The van der Waals surface area contributed by atoms with E-state index in [4.69, 9.17) is 22.1 Å². The number of carbonyl (C=O) groups is 2. The van der Waals surface area contributed by atoms with E-state index < -0.39 is 29.6 Å². The average molecular weight is 382 g/mol. The summed E-state index contributed by atoms with van der Waals surface area (Å²) in [6, 6.07) is 4.27. The van der Waals surface area contributed by atoms with Crippen molar-refractivity contribution in [1.82, 2.24) is 5.32 Å². The van der Waals surface area contributed by atoms with E-state index in [9.17, 15) is 18.4 Å². The van der Waals surface area contributed by atoms with E-state index in [0.29, 0.717) is 11.3 Å². The number of anilines is 1. The van der Waals surface area contributed by atoms with Crippen molar-refractivity contribution in [3.05, 3.63) is 52.6 Å². The van der Waals surface area contributed by atoms with E-state index in [-0.39, 0.29) is 22.9 Å². The molecule has 6 nitrogen and oxygen atoms in total. The minimum atomic E-state index is -0.843. The van der Waals surface area contributed by atoms with Gasteiger partial charge in [-0.3, -0.25) is 4.79 Å². The van der Waals surface area contributed by atoms with Gasteiger partial charge in [-0.05, 0) is 23.8 Å². The second kappa shape index (κ2) is 6.80. The molecule has 26 heavy (non-hydrogen) atoms. The number of likely N-dealkylation sites (N-methyl/N-ethyl adjacent to an activating group) is 1. The van der Waals surface area contributed by atoms with Crippen molar-refractivity contribution in [2.24, 2.45) is 5.73 Å². The van der Waals surface area contributed by atoms with Crippen molar-refractivity contribution in [2.45, 2.75) is 12.5 Å². The zero-order valence-corrected chi connectivity index (χ0v) is 14.3. The third-order valence-electron chi connectivity index (χ3n) is 3.98. The quantitative estimate of drug-likeness (QED) is 0.857. The molecule has 0 bridgehead atoms. The molecule has 1 heterocycles. The number of primary amides is 1. The Kier molecular flexibility index (Phi) is 4.69. The topological polar surface area (TPSA) is 84.7 Å². The second-order valence-corrected chi connectivity index (χ2v) is 6.13. The Morgan fingerprint density at radius 3 is 2.77 bits per heavy atom. The van der Waals surface area contributed by atoms with Gasteiger partial charge in [0.25, 0.3) is 0 Å². The lowest BCUT2D eigenvalue weighted by molar-refractivity contribution is -0.120. The van der Waals surface area contributed by atoms with Gasteiger partial charge in [-0.15, -0.1) is 0 Å². The number of nitrogens with zero attached hydrogens (tertiary/aromatic N) is 1. The van der Waals surface area contributed by atoms with Crippen molar-refractivity contribution in [2.75, 3.05) is 11.9 Å². The summed E-state index contributed by atoms with van der Waals surface area (Å²) < 4.78 is 32.8. The lowest BCUT2D eigenvalue weighted by atomic mass is 9.97. The van der Waals surface area contributed by atoms with Gasteiger partial charge in [0.2, 0.25) is 5.91 Å². The number of halogens is 3. The van der Waals surface area contributed by atoms with E-state index in [1.807, 2.05) is 0 Å². The van der Waals surface area contributed by atoms with Crippen LogP contribution in [0.5, 0.6) is 11.5 Å². The van der Waals surface area contributed by atoms with Crippen molar-refractivity contribution in [3.63, 3.8) is 0 Å². The van der Waals surface area contributed by atoms with Crippen molar-refractivity contribution < 1.29 is 23.1 Å². The maximum Gasteiger partial charge on any atom is 0.312 e. The third kappa shape index (κ3) is 3.28. The largest absolute Gasteiger partial charge is 0.450 e. The first-order valence-electron chi connectivity index (χ1n) is 7.55. The Balaban J connectivity index is 2.05. The number of carbonyl (C=O) groups excluding carboxylic acids is 2. The summed E-state index contributed by atoms with van der Waals surface area (Å²) in [6.45, 7) is 0. The number of nitrogens with two attached hydrogens (primary N) is 1. The molecule has 3 rings (SSSR count). The van der Waals surface area contributed by atoms with Gasteiger partial charge in [-0.1, -0.05) is 17.7 Å². The van der Waals surface area contributed by atoms with Gasteiger partial charge in [-0.2, -0.15) is 0 Å². The minimum Gasteiger partial charge on any atom is -0.450 e. The summed E-state index contributed by atoms with van der Waals surface area (Å²) in [7, 11) is 1.46. The molecular weight excluding hydrogens is 368 g/mol. The van der Waals surface area contributed by atoms with Crippen LogP contribution in [0.1, 0.15) is 5.56 Å². The molecule has 136 valence electrons. The van der Waals surface area contributed by atoms with Crippen LogP contribution in [0.15, 0.2) is 30.3 Å². The zero-order valence-electron chi connectivity index (χ0n) is 13.6. The van der Waals surface area contributed by atoms with E-state index in [1.165, 1.54) is 18.0 Å². The molecule has 1 atom stereocenters. The van der Waals surface area contributed by atoms with Crippen LogP contribution in [0, 0.1) is 11.6 Å². The number of rotatable bonds is 3. The molecule has 9 heteroatoms. The summed E-state index contributed by atoms with van der Waals surface area (Å²) in [5.74, 6) is -2.25. The Bertz CT molecular complexity index is 907. The van der Waals surface area contributed by atoms with Gasteiger partial charge in [-0.25, -0.2) is 13.6 Å². The molecule has 0 fully saturated rings. The van der Waals surface area contributed by atoms with Gasteiger partial charge in [0.15, 0.2) is 17.3 Å². The monoisotopic (exact) mass is 381 g/mol.